The van der Waals surface area contributed by atoms with Gasteiger partial charge < -0.3 is 19.9 Å². The maximum absolute atomic E-state index is 12.4. The van der Waals surface area contributed by atoms with Gasteiger partial charge in [0.1, 0.15) is 5.76 Å². The molecule has 1 aliphatic rings. The molecule has 0 aromatic carbocycles. The standard InChI is InChI=1S/C12H19N3O3/c1-9-7-10(15-18-9)14-11(16)12(8-17-2)3-5-13-6-4-12/h7,13H,3-6,8H2,1-2H3,(H,14,15,16). The van der Waals surface area contributed by atoms with Crippen molar-refractivity contribution in [1.82, 2.24) is 10.5 Å². The molecule has 0 atom stereocenters. The molecule has 0 radical (unpaired) electrons. The third kappa shape index (κ3) is 2.70. The maximum Gasteiger partial charge on any atom is 0.234 e. The van der Waals surface area contributed by atoms with E-state index < -0.39 is 5.41 Å². The number of hydrogen-bond donors (Lipinski definition) is 2. The number of carbonyl (C=O) groups excluding carboxylic acids is 1. The molecule has 1 amide bonds. The molecular weight excluding hydrogens is 234 g/mol. The molecule has 6 nitrogen and oxygen atoms in total. The molecule has 1 saturated heterocycles. The van der Waals surface area contributed by atoms with E-state index in [0.29, 0.717) is 18.2 Å². The van der Waals surface area contributed by atoms with Crippen LogP contribution >= 0.6 is 0 Å². The summed E-state index contributed by atoms with van der Waals surface area (Å²) in [5, 5.41) is 9.84. The molecule has 0 spiro atoms. The molecule has 2 N–H and O–H groups in total. The number of ether oxygens (including phenoxy) is 1. The highest BCUT2D eigenvalue weighted by Crippen LogP contribution is 2.30. The number of hydrogen-bond acceptors (Lipinski definition) is 5. The lowest BCUT2D eigenvalue weighted by molar-refractivity contribution is -0.130. The van der Waals surface area contributed by atoms with Crippen LogP contribution in [-0.2, 0) is 9.53 Å². The van der Waals surface area contributed by atoms with Gasteiger partial charge in [0.2, 0.25) is 5.91 Å². The molecule has 1 aromatic heterocycles. The highest BCUT2D eigenvalue weighted by Gasteiger charge is 2.39. The lowest BCUT2D eigenvalue weighted by Gasteiger charge is -2.35. The third-order valence-corrected chi connectivity index (χ3v) is 3.33. The van der Waals surface area contributed by atoms with Gasteiger partial charge in [0.05, 0.1) is 12.0 Å². The fourth-order valence-electron chi connectivity index (χ4n) is 2.29. The van der Waals surface area contributed by atoms with Crippen molar-refractivity contribution in [3.63, 3.8) is 0 Å². The Morgan fingerprint density at radius 3 is 2.89 bits per heavy atom. The topological polar surface area (TPSA) is 76.4 Å². The van der Waals surface area contributed by atoms with Crippen LogP contribution in [0.2, 0.25) is 0 Å². The second-order valence-electron chi connectivity index (χ2n) is 4.74. The Morgan fingerprint density at radius 2 is 2.33 bits per heavy atom. The Balaban J connectivity index is 2.08. The zero-order valence-corrected chi connectivity index (χ0v) is 10.8. The van der Waals surface area contributed by atoms with E-state index in [1.165, 1.54) is 0 Å². The summed E-state index contributed by atoms with van der Waals surface area (Å²) in [5.41, 5.74) is -0.465. The van der Waals surface area contributed by atoms with Crippen LogP contribution in [0.4, 0.5) is 5.82 Å². The molecule has 0 aliphatic carbocycles. The Hall–Kier alpha value is -1.40. The van der Waals surface area contributed by atoms with E-state index >= 15 is 0 Å². The average Bonchev–Trinajstić information content (AvgIpc) is 2.76. The first-order chi connectivity index (χ1) is 8.66. The van der Waals surface area contributed by atoms with Gasteiger partial charge in [0.15, 0.2) is 5.82 Å². The molecule has 0 saturated carbocycles. The minimum absolute atomic E-state index is 0.0425. The maximum atomic E-state index is 12.4. The number of nitrogens with zero attached hydrogens (tertiary/aromatic N) is 1. The average molecular weight is 253 g/mol. The van der Waals surface area contributed by atoms with Crippen LogP contribution in [-0.4, -0.2) is 37.9 Å². The number of carbonyl (C=O) groups is 1. The molecular formula is C12H19N3O3. The second-order valence-corrected chi connectivity index (χ2v) is 4.74. The fraction of sp³-hybridized carbons (Fsp3) is 0.667. The number of nitrogens with one attached hydrogen (secondary N) is 2. The van der Waals surface area contributed by atoms with Gasteiger partial charge in [-0.05, 0) is 32.9 Å². The molecule has 2 rings (SSSR count). The summed E-state index contributed by atoms with van der Waals surface area (Å²) >= 11 is 0. The van der Waals surface area contributed by atoms with Crippen molar-refractivity contribution in [3.05, 3.63) is 11.8 Å². The molecule has 18 heavy (non-hydrogen) atoms. The number of piperidine rings is 1. The molecule has 1 aliphatic heterocycles. The largest absolute Gasteiger partial charge is 0.384 e. The molecule has 0 bridgehead atoms. The van der Waals surface area contributed by atoms with E-state index in [9.17, 15) is 4.79 Å². The van der Waals surface area contributed by atoms with Gasteiger partial charge in [-0.25, -0.2) is 0 Å². The Kier molecular flexibility index (Phi) is 3.98. The van der Waals surface area contributed by atoms with Crippen LogP contribution in [0, 0.1) is 12.3 Å². The molecule has 2 heterocycles. The van der Waals surface area contributed by atoms with E-state index in [-0.39, 0.29) is 5.91 Å². The second kappa shape index (κ2) is 5.49. The van der Waals surface area contributed by atoms with Crippen molar-refractivity contribution in [2.45, 2.75) is 19.8 Å². The molecule has 1 aromatic rings. The number of anilines is 1. The predicted octanol–water partition coefficient (Wildman–Crippen LogP) is 0.938. The van der Waals surface area contributed by atoms with Crippen LogP contribution in [0.15, 0.2) is 10.6 Å². The van der Waals surface area contributed by atoms with E-state index in [0.717, 1.165) is 25.9 Å². The van der Waals surface area contributed by atoms with Crippen molar-refractivity contribution in [1.29, 1.82) is 0 Å². The highest BCUT2D eigenvalue weighted by molar-refractivity contribution is 5.94. The van der Waals surface area contributed by atoms with Crippen LogP contribution in [0.25, 0.3) is 0 Å². The lowest BCUT2D eigenvalue weighted by Crippen LogP contribution is -2.47. The lowest BCUT2D eigenvalue weighted by atomic mass is 9.78. The summed E-state index contributed by atoms with van der Waals surface area (Å²) in [7, 11) is 1.62. The Labute approximate surface area is 106 Å². The summed E-state index contributed by atoms with van der Waals surface area (Å²) in [5.74, 6) is 1.10. The molecule has 1 fully saturated rings. The van der Waals surface area contributed by atoms with Crippen molar-refractivity contribution >= 4 is 11.7 Å². The van der Waals surface area contributed by atoms with Gasteiger partial charge >= 0.3 is 0 Å². The summed E-state index contributed by atoms with van der Waals surface area (Å²) in [6.45, 7) is 3.87. The van der Waals surface area contributed by atoms with Crippen LogP contribution in [0.3, 0.4) is 0 Å². The van der Waals surface area contributed by atoms with Crippen molar-refractivity contribution in [2.75, 3.05) is 32.1 Å². The first-order valence-electron chi connectivity index (χ1n) is 6.11. The van der Waals surface area contributed by atoms with Crippen molar-refractivity contribution < 1.29 is 14.1 Å². The first-order valence-corrected chi connectivity index (χ1v) is 6.11. The first kappa shape index (κ1) is 13.0. The number of aryl methyl sites for hydroxylation is 1. The molecule has 100 valence electrons. The minimum atomic E-state index is -0.465. The Morgan fingerprint density at radius 1 is 1.61 bits per heavy atom. The molecule has 6 heteroatoms. The summed E-state index contributed by atoms with van der Waals surface area (Å²) in [6, 6.07) is 1.71. The minimum Gasteiger partial charge on any atom is -0.384 e. The van der Waals surface area contributed by atoms with Crippen molar-refractivity contribution in [2.24, 2.45) is 5.41 Å². The summed E-state index contributed by atoms with van der Waals surface area (Å²) in [4.78, 5) is 12.4. The zero-order chi connectivity index (χ0) is 13.0. The number of amides is 1. The van der Waals surface area contributed by atoms with E-state index in [1.54, 1.807) is 20.1 Å². The van der Waals surface area contributed by atoms with Crippen molar-refractivity contribution in [3.8, 4) is 0 Å². The summed E-state index contributed by atoms with van der Waals surface area (Å²) in [6.07, 6.45) is 1.53. The van der Waals surface area contributed by atoms with E-state index in [1.807, 2.05) is 0 Å². The zero-order valence-electron chi connectivity index (χ0n) is 10.8. The Bertz CT molecular complexity index is 405. The monoisotopic (exact) mass is 253 g/mol. The quantitative estimate of drug-likeness (QED) is 0.835. The number of rotatable bonds is 4. The number of aromatic nitrogens is 1. The van der Waals surface area contributed by atoms with Gasteiger partial charge in [0, 0.05) is 13.2 Å². The van der Waals surface area contributed by atoms with E-state index in [4.69, 9.17) is 9.26 Å². The normalized spacial score (nSPS) is 18.6. The van der Waals surface area contributed by atoms with Gasteiger partial charge in [-0.1, -0.05) is 5.16 Å². The predicted molar refractivity (Wildman–Crippen MR) is 66.3 cm³/mol. The van der Waals surface area contributed by atoms with Crippen LogP contribution < -0.4 is 10.6 Å². The van der Waals surface area contributed by atoms with E-state index in [2.05, 4.69) is 15.8 Å². The van der Waals surface area contributed by atoms with Gasteiger partial charge in [0.25, 0.3) is 0 Å². The third-order valence-electron chi connectivity index (χ3n) is 3.33. The van der Waals surface area contributed by atoms with Gasteiger partial charge in [-0.15, -0.1) is 0 Å². The SMILES string of the molecule is COCC1(C(=O)Nc2cc(C)on2)CCNCC1. The number of methoxy groups -OCH3 is 1. The fourth-order valence-corrected chi connectivity index (χ4v) is 2.29. The summed E-state index contributed by atoms with van der Waals surface area (Å²) < 4.78 is 10.2. The van der Waals surface area contributed by atoms with Crippen LogP contribution in [0.1, 0.15) is 18.6 Å². The molecule has 0 unspecified atom stereocenters. The smallest absolute Gasteiger partial charge is 0.234 e. The highest BCUT2D eigenvalue weighted by atomic mass is 16.5. The van der Waals surface area contributed by atoms with Gasteiger partial charge in [-0.2, -0.15) is 0 Å². The van der Waals surface area contributed by atoms with Gasteiger partial charge in [-0.3, -0.25) is 4.79 Å². The van der Waals surface area contributed by atoms with Crippen LogP contribution in [0.5, 0.6) is 0 Å².